The molecule has 5 rings (SSSR count). The number of esters is 2. The molecule has 316 valence electrons. The first-order chi connectivity index (χ1) is 28.3. The molecule has 2 atom stereocenters. The maximum atomic E-state index is 13.7. The third kappa shape index (κ3) is 9.93. The maximum Gasteiger partial charge on any atom is 0.342 e. The Balaban J connectivity index is 1.52. The summed E-state index contributed by atoms with van der Waals surface area (Å²) in [4.78, 5) is 38.7. The second-order valence-corrected chi connectivity index (χ2v) is 14.1. The van der Waals surface area contributed by atoms with Gasteiger partial charge < -0.3 is 42.8 Å². The molecule has 58 heavy (non-hydrogen) atoms. The Kier molecular flexibility index (Phi) is 17.1. The zero-order valence-electron chi connectivity index (χ0n) is 35.2. The molecule has 0 bridgehead atoms. The Morgan fingerprint density at radius 2 is 1.21 bits per heavy atom. The van der Waals surface area contributed by atoms with Gasteiger partial charge in [-0.25, -0.2) is 9.59 Å². The molecule has 2 aromatic rings. The van der Waals surface area contributed by atoms with E-state index >= 15 is 0 Å². The molecule has 3 aliphatic carbocycles. The van der Waals surface area contributed by atoms with Gasteiger partial charge in [0, 0.05) is 13.7 Å². The number of carbonyl (C=O) groups excluding carboxylic acids is 2. The van der Waals surface area contributed by atoms with E-state index in [1.165, 1.54) is 11.1 Å². The molecule has 0 heterocycles. The van der Waals surface area contributed by atoms with Gasteiger partial charge in [0.2, 0.25) is 0 Å². The fraction of sp³-hybridized carbons (Fsp3) is 0.522. The summed E-state index contributed by atoms with van der Waals surface area (Å²) >= 11 is 0. The van der Waals surface area contributed by atoms with Crippen LogP contribution in [0.5, 0.6) is 11.5 Å². The second-order valence-electron chi connectivity index (χ2n) is 14.1. The molecule has 12 nitrogen and oxygen atoms in total. The van der Waals surface area contributed by atoms with Crippen LogP contribution in [0.1, 0.15) is 86.2 Å². The van der Waals surface area contributed by atoms with Gasteiger partial charge in [-0.1, -0.05) is 45.1 Å². The van der Waals surface area contributed by atoms with Crippen LogP contribution in [-0.2, 0) is 43.5 Å². The van der Waals surface area contributed by atoms with Crippen LogP contribution in [-0.4, -0.2) is 105 Å². The molecule has 0 N–H and O–H groups in total. The van der Waals surface area contributed by atoms with Crippen molar-refractivity contribution in [1.82, 2.24) is 0 Å². The number of benzene rings is 2. The lowest BCUT2D eigenvalue weighted by Crippen LogP contribution is -2.35. The van der Waals surface area contributed by atoms with Crippen LogP contribution in [0.15, 0.2) is 82.0 Å². The monoisotopic (exact) mass is 804 g/mol. The Morgan fingerprint density at radius 3 is 1.78 bits per heavy atom. The molecule has 0 amide bonds. The van der Waals surface area contributed by atoms with E-state index in [4.69, 9.17) is 47.7 Å². The minimum absolute atomic E-state index is 0.141. The van der Waals surface area contributed by atoms with Crippen LogP contribution in [0.3, 0.4) is 0 Å². The van der Waals surface area contributed by atoms with Gasteiger partial charge >= 0.3 is 11.9 Å². The first kappa shape index (κ1) is 44.8. The van der Waals surface area contributed by atoms with E-state index in [2.05, 4.69) is 39.8 Å². The van der Waals surface area contributed by atoms with E-state index in [1.807, 2.05) is 30.3 Å². The van der Waals surface area contributed by atoms with Crippen molar-refractivity contribution in [1.29, 1.82) is 0 Å². The van der Waals surface area contributed by atoms with Gasteiger partial charge in [-0.05, 0) is 108 Å². The lowest BCUT2D eigenvalue weighted by Gasteiger charge is -2.41. The van der Waals surface area contributed by atoms with Crippen LogP contribution >= 0.6 is 0 Å². The van der Waals surface area contributed by atoms with Gasteiger partial charge in [0.05, 0.1) is 71.5 Å². The summed E-state index contributed by atoms with van der Waals surface area (Å²) in [5, 5.41) is 0. The van der Waals surface area contributed by atoms with Crippen molar-refractivity contribution in [2.75, 3.05) is 93.0 Å². The third-order valence-corrected chi connectivity index (χ3v) is 10.4. The van der Waals surface area contributed by atoms with Gasteiger partial charge in [-0.3, -0.25) is 0 Å². The summed E-state index contributed by atoms with van der Waals surface area (Å²) in [7, 11) is 1.63. The zero-order valence-corrected chi connectivity index (χ0v) is 35.2. The average Bonchev–Trinajstić information content (AvgIpc) is 3.39. The molecule has 0 spiro atoms. The number of hydrogen-bond donors (Lipinski definition) is 0. The summed E-state index contributed by atoms with van der Waals surface area (Å²) < 4.78 is 44.5. The predicted octanol–water partition coefficient (Wildman–Crippen LogP) is 7.69. The molecule has 0 saturated heterocycles. The van der Waals surface area contributed by atoms with E-state index in [0.29, 0.717) is 64.2 Å². The quantitative estimate of drug-likeness (QED) is 0.0362. The smallest absolute Gasteiger partial charge is 0.342 e. The normalized spacial score (nSPS) is 17.2. The van der Waals surface area contributed by atoms with E-state index < -0.39 is 17.4 Å². The van der Waals surface area contributed by atoms with Crippen molar-refractivity contribution in [3.63, 3.8) is 0 Å². The number of fused-ring (bicyclic) bond motifs is 2. The lowest BCUT2D eigenvalue weighted by molar-refractivity contribution is -0.215. The molecule has 3 aliphatic rings. The van der Waals surface area contributed by atoms with Crippen molar-refractivity contribution in [2.24, 2.45) is 5.92 Å². The maximum absolute atomic E-state index is 13.7. The van der Waals surface area contributed by atoms with E-state index in [9.17, 15) is 9.59 Å². The number of methoxy groups -OCH3 is 1. The van der Waals surface area contributed by atoms with E-state index in [-0.39, 0.29) is 50.3 Å². The van der Waals surface area contributed by atoms with Gasteiger partial charge in [-0.15, -0.1) is 0 Å². The predicted molar refractivity (Wildman–Crippen MR) is 218 cm³/mol. The van der Waals surface area contributed by atoms with Gasteiger partial charge in [0.1, 0.15) is 30.1 Å². The SMILES string of the molecule is CCCOCCOCCOOc1ccc(C2(c3ccc(OCCOCCOCCOC)c(C(=O)OCC)c3)C3=C(C=C3C)C3=CC(C(C)CC)=C32)cc1C(=O)OCC. The molecule has 0 aromatic heterocycles. The first-order valence-electron chi connectivity index (χ1n) is 20.5. The summed E-state index contributed by atoms with van der Waals surface area (Å²) in [6, 6.07) is 11.3. The molecule has 2 unspecified atom stereocenters. The van der Waals surface area contributed by atoms with Crippen LogP contribution in [0.25, 0.3) is 0 Å². The van der Waals surface area contributed by atoms with Gasteiger partial charge in [0.15, 0.2) is 5.75 Å². The number of rotatable bonds is 28. The van der Waals surface area contributed by atoms with Crippen LogP contribution in [0, 0.1) is 5.92 Å². The molecule has 0 saturated carbocycles. The highest BCUT2D eigenvalue weighted by Gasteiger charge is 2.56. The minimum Gasteiger partial charge on any atom is -0.490 e. The van der Waals surface area contributed by atoms with E-state index in [0.717, 1.165) is 46.3 Å². The van der Waals surface area contributed by atoms with Crippen molar-refractivity contribution >= 4 is 11.9 Å². The molecular weight excluding hydrogens is 744 g/mol. The van der Waals surface area contributed by atoms with Crippen LogP contribution in [0.2, 0.25) is 0 Å². The number of ether oxygens (including phenoxy) is 8. The molecule has 0 fully saturated rings. The number of carbonyl (C=O) groups is 2. The van der Waals surface area contributed by atoms with Crippen molar-refractivity contribution < 1.29 is 57.3 Å². The van der Waals surface area contributed by atoms with Gasteiger partial charge in [0.25, 0.3) is 0 Å². The largest absolute Gasteiger partial charge is 0.490 e. The highest BCUT2D eigenvalue weighted by atomic mass is 17.2. The molecule has 0 radical (unpaired) electrons. The zero-order chi connectivity index (χ0) is 41.5. The molecule has 12 heteroatoms. The number of allylic oxidation sites excluding steroid dienone is 8. The van der Waals surface area contributed by atoms with E-state index in [1.54, 1.807) is 27.0 Å². The summed E-state index contributed by atoms with van der Waals surface area (Å²) in [6.07, 6.45) is 6.37. The Hall–Kier alpha value is -4.30. The standard InChI is InChI=1S/C46H60O12/c1-8-16-50-19-20-53-24-26-57-58-41-15-13-34(29-39(41)45(48)55-11-4)46(42-32(6)27-36(42)37-30-35(43(37)46)31(5)9-2)33-12-14-40(38(28-33)44(47)54-10-3)56-25-23-52-22-21-51-18-17-49-7/h12-15,27-31H,8-11,16-26H2,1-7H3. The Labute approximate surface area is 343 Å². The molecule has 0 aliphatic heterocycles. The fourth-order valence-electron chi connectivity index (χ4n) is 7.49. The summed E-state index contributed by atoms with van der Waals surface area (Å²) in [6.45, 7) is 16.9. The summed E-state index contributed by atoms with van der Waals surface area (Å²) in [5.74, 6) is -0.180. The fourth-order valence-corrected chi connectivity index (χ4v) is 7.49. The second kappa shape index (κ2) is 22.2. The lowest BCUT2D eigenvalue weighted by atomic mass is 9.60. The average molecular weight is 805 g/mol. The van der Waals surface area contributed by atoms with Crippen molar-refractivity contribution in [2.45, 2.75) is 59.8 Å². The Morgan fingerprint density at radius 1 is 0.655 bits per heavy atom. The van der Waals surface area contributed by atoms with Crippen LogP contribution < -0.4 is 9.62 Å². The highest BCUT2D eigenvalue weighted by molar-refractivity contribution is 5.96. The number of hydrogen-bond acceptors (Lipinski definition) is 12. The first-order valence-corrected chi connectivity index (χ1v) is 20.5. The third-order valence-electron chi connectivity index (χ3n) is 10.4. The van der Waals surface area contributed by atoms with Crippen molar-refractivity contribution in [3.05, 3.63) is 104 Å². The van der Waals surface area contributed by atoms with Crippen LogP contribution in [0.4, 0.5) is 0 Å². The van der Waals surface area contributed by atoms with Crippen molar-refractivity contribution in [3.8, 4) is 11.5 Å². The highest BCUT2D eigenvalue weighted by Crippen LogP contribution is 2.66. The Bertz CT molecular complexity index is 1770. The molecule has 2 aromatic carbocycles. The summed E-state index contributed by atoms with van der Waals surface area (Å²) in [5.41, 5.74) is 8.24. The van der Waals surface area contributed by atoms with Gasteiger partial charge in [-0.2, -0.15) is 4.89 Å². The minimum atomic E-state index is -0.878. The topological polar surface area (TPSA) is 126 Å². The molecular formula is C46H60O12.